The molecule has 0 fully saturated rings. The predicted molar refractivity (Wildman–Crippen MR) is 89.9 cm³/mol. The molecular formula is C17H14ClF2N3O2. The Morgan fingerprint density at radius 1 is 1.20 bits per heavy atom. The number of hydrogen-bond acceptors (Lipinski definition) is 5. The van der Waals surface area contributed by atoms with Gasteiger partial charge in [-0.25, -0.2) is 0 Å². The van der Waals surface area contributed by atoms with Crippen molar-refractivity contribution >= 4 is 17.3 Å². The third kappa shape index (κ3) is 4.45. The van der Waals surface area contributed by atoms with Crippen LogP contribution in [0.4, 0.5) is 14.5 Å². The molecule has 0 bridgehead atoms. The van der Waals surface area contributed by atoms with E-state index in [0.29, 0.717) is 17.4 Å². The molecule has 25 heavy (non-hydrogen) atoms. The van der Waals surface area contributed by atoms with Crippen molar-refractivity contribution < 1.29 is 18.0 Å². The Balaban J connectivity index is 1.64. The van der Waals surface area contributed by atoms with Gasteiger partial charge in [-0.05, 0) is 25.1 Å². The van der Waals surface area contributed by atoms with Crippen LogP contribution in [0.2, 0.25) is 5.02 Å². The summed E-state index contributed by atoms with van der Waals surface area (Å²) in [5.74, 6) is 0.803. The van der Waals surface area contributed by atoms with Crippen LogP contribution in [0, 0.1) is 6.92 Å². The van der Waals surface area contributed by atoms with E-state index in [1.54, 1.807) is 6.07 Å². The lowest BCUT2D eigenvalue weighted by atomic mass is 10.1. The van der Waals surface area contributed by atoms with Crippen LogP contribution in [0.5, 0.6) is 5.75 Å². The van der Waals surface area contributed by atoms with Gasteiger partial charge in [0.05, 0.1) is 11.6 Å². The van der Waals surface area contributed by atoms with E-state index >= 15 is 0 Å². The highest BCUT2D eigenvalue weighted by molar-refractivity contribution is 6.32. The first kappa shape index (κ1) is 17.2. The van der Waals surface area contributed by atoms with Crippen LogP contribution in [-0.4, -0.2) is 16.8 Å². The van der Waals surface area contributed by atoms with Gasteiger partial charge in [0.25, 0.3) is 0 Å². The number of rotatable bonds is 6. The van der Waals surface area contributed by atoms with Crippen LogP contribution in [-0.2, 0) is 6.54 Å². The van der Waals surface area contributed by atoms with E-state index in [0.717, 1.165) is 11.1 Å². The second-order valence-corrected chi connectivity index (χ2v) is 5.66. The lowest BCUT2D eigenvalue weighted by Crippen LogP contribution is -2.03. The van der Waals surface area contributed by atoms with Gasteiger partial charge < -0.3 is 14.6 Å². The van der Waals surface area contributed by atoms with Gasteiger partial charge in [0.15, 0.2) is 0 Å². The Kier molecular flexibility index (Phi) is 5.14. The van der Waals surface area contributed by atoms with E-state index in [1.807, 2.05) is 31.2 Å². The Bertz CT molecular complexity index is 853. The van der Waals surface area contributed by atoms with Gasteiger partial charge in [-0.2, -0.15) is 13.8 Å². The van der Waals surface area contributed by atoms with Crippen molar-refractivity contribution in [3.05, 3.63) is 58.9 Å². The topological polar surface area (TPSA) is 60.2 Å². The highest BCUT2D eigenvalue weighted by Gasteiger charge is 2.11. The van der Waals surface area contributed by atoms with E-state index < -0.39 is 6.61 Å². The second kappa shape index (κ2) is 7.48. The van der Waals surface area contributed by atoms with Crippen molar-refractivity contribution in [2.24, 2.45) is 0 Å². The van der Waals surface area contributed by atoms with Gasteiger partial charge in [-0.3, -0.25) is 0 Å². The van der Waals surface area contributed by atoms with Crippen LogP contribution in [0.15, 0.2) is 47.0 Å². The first-order chi connectivity index (χ1) is 12.0. The van der Waals surface area contributed by atoms with E-state index in [2.05, 4.69) is 20.2 Å². The Morgan fingerprint density at radius 3 is 2.64 bits per heavy atom. The molecule has 0 saturated heterocycles. The van der Waals surface area contributed by atoms with Gasteiger partial charge in [0, 0.05) is 11.3 Å². The maximum absolute atomic E-state index is 12.2. The summed E-state index contributed by atoms with van der Waals surface area (Å²) < 4.78 is 33.9. The van der Waals surface area contributed by atoms with Crippen LogP contribution in [0.3, 0.4) is 0 Å². The number of aromatic nitrogens is 2. The molecule has 0 saturated carbocycles. The Morgan fingerprint density at radius 2 is 1.96 bits per heavy atom. The van der Waals surface area contributed by atoms with Gasteiger partial charge in [0.2, 0.25) is 11.7 Å². The van der Waals surface area contributed by atoms with Gasteiger partial charge in [-0.15, -0.1) is 0 Å². The van der Waals surface area contributed by atoms with Crippen molar-refractivity contribution in [3.63, 3.8) is 0 Å². The summed E-state index contributed by atoms with van der Waals surface area (Å²) in [5, 5.41) is 7.05. The number of halogens is 3. The van der Waals surface area contributed by atoms with Crippen LogP contribution in [0.1, 0.15) is 11.5 Å². The molecule has 0 amide bonds. The minimum Gasteiger partial charge on any atom is -0.433 e. The lowest BCUT2D eigenvalue weighted by molar-refractivity contribution is -0.0497. The smallest absolute Gasteiger partial charge is 0.387 e. The predicted octanol–water partition coefficient (Wildman–Crippen LogP) is 4.91. The quantitative estimate of drug-likeness (QED) is 0.672. The SMILES string of the molecule is Cc1ccc(-c2noc(CNc3ccc(OC(F)F)c(Cl)c3)n2)cc1. The standard InChI is InChI=1S/C17H14ClF2N3O2/c1-10-2-4-11(5-3-10)16-22-15(25-23-16)9-21-12-6-7-14(13(18)8-12)24-17(19)20/h2-8,17,21H,9H2,1H3. The summed E-state index contributed by atoms with van der Waals surface area (Å²) in [6, 6.07) is 12.2. The number of ether oxygens (including phenoxy) is 1. The number of nitrogens with zero attached hydrogens (tertiary/aromatic N) is 2. The molecule has 1 aromatic heterocycles. The molecule has 0 spiro atoms. The molecule has 3 aromatic rings. The maximum atomic E-state index is 12.2. The number of alkyl halides is 2. The highest BCUT2D eigenvalue weighted by Crippen LogP contribution is 2.29. The zero-order chi connectivity index (χ0) is 17.8. The molecule has 0 aliphatic carbocycles. The second-order valence-electron chi connectivity index (χ2n) is 5.26. The Labute approximate surface area is 147 Å². The average Bonchev–Trinajstić information content (AvgIpc) is 3.04. The van der Waals surface area contributed by atoms with Crippen molar-refractivity contribution in [2.75, 3.05) is 5.32 Å². The van der Waals surface area contributed by atoms with Crippen molar-refractivity contribution in [1.82, 2.24) is 10.1 Å². The molecule has 0 aliphatic heterocycles. The van der Waals surface area contributed by atoms with Gasteiger partial charge in [-0.1, -0.05) is 46.6 Å². The molecule has 0 unspecified atom stereocenters. The normalized spacial score (nSPS) is 10.9. The number of aryl methyl sites for hydroxylation is 1. The summed E-state index contributed by atoms with van der Waals surface area (Å²) in [7, 11) is 0. The molecule has 0 atom stereocenters. The first-order valence-electron chi connectivity index (χ1n) is 7.39. The third-order valence-electron chi connectivity index (χ3n) is 3.37. The molecule has 2 aromatic carbocycles. The van der Waals surface area contributed by atoms with Crippen molar-refractivity contribution in [3.8, 4) is 17.1 Å². The molecule has 3 rings (SSSR count). The van der Waals surface area contributed by atoms with E-state index in [-0.39, 0.29) is 17.3 Å². The minimum atomic E-state index is -2.92. The molecule has 130 valence electrons. The fourth-order valence-corrected chi connectivity index (χ4v) is 2.35. The third-order valence-corrected chi connectivity index (χ3v) is 3.66. The fraction of sp³-hybridized carbons (Fsp3) is 0.176. The zero-order valence-corrected chi connectivity index (χ0v) is 13.9. The number of anilines is 1. The summed E-state index contributed by atoms with van der Waals surface area (Å²) in [4.78, 5) is 4.31. The average molecular weight is 366 g/mol. The van der Waals surface area contributed by atoms with Crippen molar-refractivity contribution in [2.45, 2.75) is 20.1 Å². The Hall–Kier alpha value is -2.67. The lowest BCUT2D eigenvalue weighted by Gasteiger charge is -2.09. The number of benzene rings is 2. The van der Waals surface area contributed by atoms with Gasteiger partial charge >= 0.3 is 6.61 Å². The molecule has 0 aliphatic rings. The van der Waals surface area contributed by atoms with Crippen LogP contribution >= 0.6 is 11.6 Å². The summed E-state index contributed by atoms with van der Waals surface area (Å²) in [6.07, 6.45) is 0. The summed E-state index contributed by atoms with van der Waals surface area (Å²) in [6.45, 7) is -0.655. The van der Waals surface area contributed by atoms with Crippen molar-refractivity contribution in [1.29, 1.82) is 0 Å². The summed E-state index contributed by atoms with van der Waals surface area (Å²) in [5.41, 5.74) is 2.61. The molecule has 5 nitrogen and oxygen atoms in total. The fourth-order valence-electron chi connectivity index (χ4n) is 2.13. The zero-order valence-electron chi connectivity index (χ0n) is 13.2. The van der Waals surface area contributed by atoms with Crippen LogP contribution < -0.4 is 10.1 Å². The van der Waals surface area contributed by atoms with Crippen LogP contribution in [0.25, 0.3) is 11.4 Å². The van der Waals surface area contributed by atoms with E-state index in [9.17, 15) is 8.78 Å². The number of nitrogens with one attached hydrogen (secondary N) is 1. The van der Waals surface area contributed by atoms with Gasteiger partial charge in [0.1, 0.15) is 5.75 Å². The highest BCUT2D eigenvalue weighted by atomic mass is 35.5. The maximum Gasteiger partial charge on any atom is 0.387 e. The monoisotopic (exact) mass is 365 g/mol. The minimum absolute atomic E-state index is 0.0798. The summed E-state index contributed by atoms with van der Waals surface area (Å²) >= 11 is 5.90. The van der Waals surface area contributed by atoms with E-state index in [4.69, 9.17) is 16.1 Å². The van der Waals surface area contributed by atoms with E-state index in [1.165, 1.54) is 12.1 Å². The molecule has 1 N–H and O–H groups in total. The molecular weight excluding hydrogens is 352 g/mol. The molecule has 0 radical (unpaired) electrons. The molecule has 8 heteroatoms. The molecule has 1 heterocycles. The number of hydrogen-bond donors (Lipinski definition) is 1. The largest absolute Gasteiger partial charge is 0.433 e. The first-order valence-corrected chi connectivity index (χ1v) is 7.77.